The molecule has 1 heterocycles. The molecule has 0 amide bonds. The summed E-state index contributed by atoms with van der Waals surface area (Å²) in [4.78, 5) is 4.55. The summed E-state index contributed by atoms with van der Waals surface area (Å²) < 4.78 is 5.56. The molecule has 1 saturated heterocycles. The van der Waals surface area contributed by atoms with Crippen LogP contribution in [0.4, 0.5) is 5.69 Å². The second kappa shape index (κ2) is 8.43. The number of phenols is 1. The zero-order valence-corrected chi connectivity index (χ0v) is 14.8. The van der Waals surface area contributed by atoms with Gasteiger partial charge in [0.15, 0.2) is 0 Å². The number of aliphatic hydroxyl groups is 1. The van der Waals surface area contributed by atoms with Crippen molar-refractivity contribution in [2.75, 3.05) is 44.2 Å². The molecule has 0 radical (unpaired) electrons. The Hall–Kier alpha value is -1.95. The fourth-order valence-corrected chi connectivity index (χ4v) is 3.13. The van der Waals surface area contributed by atoms with Crippen LogP contribution in [0.1, 0.15) is 0 Å². The molecule has 2 N–H and O–H groups in total. The molecule has 2 aromatic carbocycles. The van der Waals surface area contributed by atoms with E-state index >= 15 is 0 Å². The Morgan fingerprint density at radius 1 is 1.04 bits per heavy atom. The number of aliphatic hydroxyl groups excluding tert-OH is 1. The highest BCUT2D eigenvalue weighted by atomic mass is 35.5. The van der Waals surface area contributed by atoms with Crippen LogP contribution in [-0.4, -0.2) is 60.5 Å². The van der Waals surface area contributed by atoms with Crippen molar-refractivity contribution in [3.63, 3.8) is 0 Å². The van der Waals surface area contributed by atoms with Crippen molar-refractivity contribution in [2.24, 2.45) is 0 Å². The summed E-state index contributed by atoms with van der Waals surface area (Å²) >= 11 is 6.06. The summed E-state index contributed by atoms with van der Waals surface area (Å²) in [7, 11) is 0. The number of aromatic hydroxyl groups is 1. The van der Waals surface area contributed by atoms with E-state index in [0.29, 0.717) is 12.3 Å². The summed E-state index contributed by atoms with van der Waals surface area (Å²) in [5.74, 6) is 0.841. The fourth-order valence-electron chi connectivity index (χ4n) is 2.95. The lowest BCUT2D eigenvalue weighted by Gasteiger charge is -2.36. The lowest BCUT2D eigenvalue weighted by Crippen LogP contribution is -2.49. The van der Waals surface area contributed by atoms with Crippen molar-refractivity contribution < 1.29 is 14.9 Å². The lowest BCUT2D eigenvalue weighted by molar-refractivity contribution is 0.0663. The van der Waals surface area contributed by atoms with Crippen LogP contribution in [0.2, 0.25) is 5.02 Å². The first-order valence-corrected chi connectivity index (χ1v) is 8.81. The summed E-state index contributed by atoms with van der Waals surface area (Å²) in [6, 6.07) is 14.4. The maximum Gasteiger partial charge on any atom is 0.119 e. The molecule has 1 fully saturated rings. The first-order valence-electron chi connectivity index (χ1n) is 8.43. The van der Waals surface area contributed by atoms with Crippen molar-refractivity contribution in [2.45, 2.75) is 6.10 Å². The van der Waals surface area contributed by atoms with Gasteiger partial charge >= 0.3 is 0 Å². The van der Waals surface area contributed by atoms with Crippen LogP contribution in [0.5, 0.6) is 11.5 Å². The van der Waals surface area contributed by atoms with Gasteiger partial charge in [0.1, 0.15) is 24.2 Å². The normalized spacial score (nSPS) is 16.6. The van der Waals surface area contributed by atoms with Gasteiger partial charge in [-0.3, -0.25) is 4.90 Å². The molecule has 6 heteroatoms. The molecule has 1 atom stereocenters. The molecule has 2 aromatic rings. The minimum absolute atomic E-state index is 0.200. The molecule has 0 bridgehead atoms. The van der Waals surface area contributed by atoms with Gasteiger partial charge in [-0.15, -0.1) is 0 Å². The Kier molecular flexibility index (Phi) is 6.02. The van der Waals surface area contributed by atoms with Crippen LogP contribution in [0.15, 0.2) is 48.5 Å². The van der Waals surface area contributed by atoms with E-state index in [9.17, 15) is 10.2 Å². The standard InChI is InChI=1S/C19H23ClN2O3/c20-15-2-1-3-16(12-15)22-10-8-21(9-11-22)13-18(24)14-25-19-6-4-17(23)5-7-19/h1-7,12,18,23-24H,8-11,13-14H2. The number of halogens is 1. The number of anilines is 1. The summed E-state index contributed by atoms with van der Waals surface area (Å²) in [5, 5.41) is 20.2. The Morgan fingerprint density at radius 3 is 2.44 bits per heavy atom. The van der Waals surface area contributed by atoms with Crippen LogP contribution in [0.3, 0.4) is 0 Å². The molecule has 1 aliphatic heterocycles. The molecule has 0 spiro atoms. The van der Waals surface area contributed by atoms with Gasteiger partial charge < -0.3 is 19.8 Å². The molecule has 0 aromatic heterocycles. The van der Waals surface area contributed by atoms with Crippen LogP contribution < -0.4 is 9.64 Å². The summed E-state index contributed by atoms with van der Waals surface area (Å²) in [6.07, 6.45) is -0.550. The molecule has 0 aliphatic carbocycles. The van der Waals surface area contributed by atoms with Crippen molar-refractivity contribution in [3.8, 4) is 11.5 Å². The van der Waals surface area contributed by atoms with Gasteiger partial charge in [0.25, 0.3) is 0 Å². The number of nitrogens with zero attached hydrogens (tertiary/aromatic N) is 2. The van der Waals surface area contributed by atoms with E-state index in [4.69, 9.17) is 16.3 Å². The van der Waals surface area contributed by atoms with E-state index in [-0.39, 0.29) is 12.4 Å². The second-order valence-corrected chi connectivity index (χ2v) is 6.66. The largest absolute Gasteiger partial charge is 0.508 e. The Morgan fingerprint density at radius 2 is 1.76 bits per heavy atom. The molecular formula is C19H23ClN2O3. The highest BCUT2D eigenvalue weighted by Crippen LogP contribution is 2.21. The number of hydrogen-bond donors (Lipinski definition) is 2. The molecule has 134 valence electrons. The predicted octanol–water partition coefficient (Wildman–Crippen LogP) is 2.61. The van der Waals surface area contributed by atoms with Crippen LogP contribution in [-0.2, 0) is 0 Å². The van der Waals surface area contributed by atoms with Crippen LogP contribution >= 0.6 is 11.6 Å². The van der Waals surface area contributed by atoms with Crippen molar-refractivity contribution in [3.05, 3.63) is 53.6 Å². The van der Waals surface area contributed by atoms with Gasteiger partial charge in [-0.2, -0.15) is 0 Å². The highest BCUT2D eigenvalue weighted by Gasteiger charge is 2.20. The third kappa shape index (κ3) is 5.26. The zero-order chi connectivity index (χ0) is 17.6. The quantitative estimate of drug-likeness (QED) is 0.827. The number of β-amino-alcohol motifs (C(OH)–C–C–N with tert-alkyl or cyclic N) is 1. The van der Waals surface area contributed by atoms with E-state index in [1.165, 1.54) is 0 Å². The summed E-state index contributed by atoms with van der Waals surface area (Å²) in [6.45, 7) is 4.42. The lowest BCUT2D eigenvalue weighted by atomic mass is 10.2. The van der Waals surface area contributed by atoms with Gasteiger partial charge in [-0.05, 0) is 42.5 Å². The third-order valence-corrected chi connectivity index (χ3v) is 4.53. The van der Waals surface area contributed by atoms with Gasteiger partial charge in [0.05, 0.1) is 0 Å². The molecule has 0 saturated carbocycles. The minimum Gasteiger partial charge on any atom is -0.508 e. The maximum atomic E-state index is 10.2. The Balaban J connectivity index is 1.41. The molecule has 1 aliphatic rings. The van der Waals surface area contributed by atoms with Gasteiger partial charge in [-0.25, -0.2) is 0 Å². The smallest absolute Gasteiger partial charge is 0.119 e. The van der Waals surface area contributed by atoms with Gasteiger partial charge in [-0.1, -0.05) is 17.7 Å². The van der Waals surface area contributed by atoms with Crippen LogP contribution in [0, 0.1) is 0 Å². The first kappa shape index (κ1) is 17.9. The van der Waals surface area contributed by atoms with Crippen molar-refractivity contribution in [1.29, 1.82) is 0 Å². The number of benzene rings is 2. The number of piperazine rings is 1. The average Bonchev–Trinajstić information content (AvgIpc) is 2.62. The fraction of sp³-hybridized carbons (Fsp3) is 0.368. The van der Waals surface area contributed by atoms with E-state index < -0.39 is 6.10 Å². The van der Waals surface area contributed by atoms with Gasteiger partial charge in [0.2, 0.25) is 0 Å². The predicted molar refractivity (Wildman–Crippen MR) is 99.7 cm³/mol. The SMILES string of the molecule is Oc1ccc(OCC(O)CN2CCN(c3cccc(Cl)c3)CC2)cc1. The van der Waals surface area contributed by atoms with Crippen molar-refractivity contribution in [1.82, 2.24) is 4.90 Å². The molecular weight excluding hydrogens is 340 g/mol. The second-order valence-electron chi connectivity index (χ2n) is 6.23. The van der Waals surface area contributed by atoms with Gasteiger partial charge in [0, 0.05) is 43.4 Å². The minimum atomic E-state index is -0.550. The van der Waals surface area contributed by atoms with E-state index in [1.807, 2.05) is 18.2 Å². The Labute approximate surface area is 153 Å². The first-order chi connectivity index (χ1) is 12.1. The topological polar surface area (TPSA) is 56.2 Å². The molecule has 3 rings (SSSR count). The maximum absolute atomic E-state index is 10.2. The average molecular weight is 363 g/mol. The highest BCUT2D eigenvalue weighted by molar-refractivity contribution is 6.30. The third-order valence-electron chi connectivity index (χ3n) is 4.29. The van der Waals surface area contributed by atoms with E-state index in [1.54, 1.807) is 24.3 Å². The van der Waals surface area contributed by atoms with Crippen LogP contribution in [0.25, 0.3) is 0 Å². The van der Waals surface area contributed by atoms with E-state index in [2.05, 4.69) is 15.9 Å². The number of hydrogen-bond acceptors (Lipinski definition) is 5. The molecule has 5 nitrogen and oxygen atoms in total. The summed E-state index contributed by atoms with van der Waals surface area (Å²) in [5.41, 5.74) is 1.14. The number of rotatable bonds is 6. The van der Waals surface area contributed by atoms with Crippen molar-refractivity contribution >= 4 is 17.3 Å². The molecule has 25 heavy (non-hydrogen) atoms. The molecule has 1 unspecified atom stereocenters. The zero-order valence-electron chi connectivity index (χ0n) is 14.0. The monoisotopic (exact) mass is 362 g/mol. The number of phenolic OH excluding ortho intramolecular Hbond substituents is 1. The number of ether oxygens (including phenoxy) is 1. The van der Waals surface area contributed by atoms with E-state index in [0.717, 1.165) is 36.9 Å². The Bertz CT molecular complexity index is 673.